The predicted molar refractivity (Wildman–Crippen MR) is 131 cm³/mol. The molecule has 1 amide bonds. The fourth-order valence-electron chi connectivity index (χ4n) is 3.35. The van der Waals surface area contributed by atoms with Crippen molar-refractivity contribution < 1.29 is 4.79 Å². The zero-order chi connectivity index (χ0) is 22.2. The van der Waals surface area contributed by atoms with Gasteiger partial charge in [0.1, 0.15) is 12.1 Å². The number of fused-ring (bicyclic) bond motifs is 1. The van der Waals surface area contributed by atoms with Gasteiger partial charge in [-0.2, -0.15) is 14.9 Å². The Hall–Kier alpha value is -3.31. The van der Waals surface area contributed by atoms with Gasteiger partial charge in [0.05, 0.1) is 28.5 Å². The summed E-state index contributed by atoms with van der Waals surface area (Å²) in [5.41, 5.74) is 2.75. The van der Waals surface area contributed by atoms with E-state index in [4.69, 9.17) is 11.6 Å². The van der Waals surface area contributed by atoms with Gasteiger partial charge in [0.2, 0.25) is 0 Å². The van der Waals surface area contributed by atoms with Gasteiger partial charge in [0.25, 0.3) is 5.91 Å². The van der Waals surface area contributed by atoms with Crippen molar-refractivity contribution >= 4 is 57.0 Å². The van der Waals surface area contributed by atoms with Crippen LogP contribution < -0.4 is 5.32 Å². The maximum atomic E-state index is 12.9. The van der Waals surface area contributed by atoms with Crippen molar-refractivity contribution in [1.82, 2.24) is 29.5 Å². The molecule has 3 heterocycles. The summed E-state index contributed by atoms with van der Waals surface area (Å²) in [6.07, 6.45) is 3.14. The zero-order valence-electron chi connectivity index (χ0n) is 16.7. The largest absolute Gasteiger partial charge is 0.306 e. The number of carbonyl (C=O) groups excluding carboxylic acids is 1. The molecule has 5 rings (SSSR count). The molecule has 0 aliphatic heterocycles. The number of rotatable bonds is 4. The van der Waals surface area contributed by atoms with Gasteiger partial charge < -0.3 is 5.32 Å². The smallest absolute Gasteiger partial charge is 0.257 e. The number of hydrogen-bond donors (Lipinski definition) is 1. The number of anilines is 1. The summed E-state index contributed by atoms with van der Waals surface area (Å²) in [7, 11) is 0. The number of halogens is 2. The Balaban J connectivity index is 1.57. The Morgan fingerprint density at radius 1 is 1.06 bits per heavy atom. The molecule has 0 radical (unpaired) electrons. The third-order valence-electron chi connectivity index (χ3n) is 4.81. The Bertz CT molecular complexity index is 1460. The molecular weight excluding hydrogens is 541 g/mol. The summed E-state index contributed by atoms with van der Waals surface area (Å²) in [5.74, 6) is 0.797. The molecule has 0 fully saturated rings. The number of carbonyl (C=O) groups is 1. The zero-order valence-corrected chi connectivity index (χ0v) is 19.6. The highest BCUT2D eigenvalue weighted by Gasteiger charge is 2.18. The minimum atomic E-state index is -0.224. The van der Waals surface area contributed by atoms with E-state index in [1.165, 1.54) is 6.33 Å². The molecular formula is C22H15ClIN7O. The van der Waals surface area contributed by atoms with Crippen LogP contribution in [0.3, 0.4) is 0 Å². The van der Waals surface area contributed by atoms with Gasteiger partial charge >= 0.3 is 0 Å². The summed E-state index contributed by atoms with van der Waals surface area (Å²) in [4.78, 5) is 21.7. The van der Waals surface area contributed by atoms with Crippen LogP contribution >= 0.6 is 34.2 Å². The van der Waals surface area contributed by atoms with Crippen LogP contribution in [0.15, 0.2) is 67.1 Å². The molecule has 0 bridgehead atoms. The van der Waals surface area contributed by atoms with E-state index in [-0.39, 0.29) is 5.91 Å². The number of nitrogens with zero attached hydrogens (tertiary/aromatic N) is 6. The Kier molecular flexibility index (Phi) is 5.35. The van der Waals surface area contributed by atoms with Crippen molar-refractivity contribution in [3.63, 3.8) is 0 Å². The van der Waals surface area contributed by atoms with E-state index in [0.717, 1.165) is 15.0 Å². The van der Waals surface area contributed by atoms with Crippen molar-refractivity contribution in [3.8, 4) is 11.5 Å². The predicted octanol–water partition coefficient (Wildman–Crippen LogP) is 4.82. The van der Waals surface area contributed by atoms with Crippen molar-refractivity contribution in [3.05, 3.63) is 87.0 Å². The quantitative estimate of drug-likeness (QED) is 0.321. The molecule has 0 aliphatic rings. The van der Waals surface area contributed by atoms with E-state index in [0.29, 0.717) is 33.3 Å². The molecule has 5 aromatic rings. The summed E-state index contributed by atoms with van der Waals surface area (Å²) in [6.45, 7) is 1.86. The average molecular weight is 556 g/mol. The van der Waals surface area contributed by atoms with Crippen LogP contribution in [-0.2, 0) is 0 Å². The van der Waals surface area contributed by atoms with E-state index >= 15 is 0 Å². The molecule has 1 N–H and O–H groups in total. The number of aryl methyl sites for hydroxylation is 1. The van der Waals surface area contributed by atoms with Gasteiger partial charge in [0, 0.05) is 14.7 Å². The lowest BCUT2D eigenvalue weighted by Gasteiger charge is -2.10. The summed E-state index contributed by atoms with van der Waals surface area (Å²) >= 11 is 8.15. The molecule has 0 unspecified atom stereocenters. The Morgan fingerprint density at radius 2 is 1.84 bits per heavy atom. The molecule has 0 saturated heterocycles. The maximum absolute atomic E-state index is 12.9. The molecule has 158 valence electrons. The first-order valence-electron chi connectivity index (χ1n) is 9.59. The van der Waals surface area contributed by atoms with Gasteiger partial charge in [-0.05, 0) is 65.9 Å². The minimum Gasteiger partial charge on any atom is -0.306 e. The van der Waals surface area contributed by atoms with E-state index in [1.54, 1.807) is 39.8 Å². The fraction of sp³-hybridized carbons (Fsp3) is 0.0455. The molecule has 0 atom stereocenters. The van der Waals surface area contributed by atoms with E-state index in [2.05, 4.69) is 48.1 Å². The second-order valence-corrected chi connectivity index (χ2v) is 8.58. The normalized spacial score (nSPS) is 11.1. The monoisotopic (exact) mass is 555 g/mol. The lowest BCUT2D eigenvalue weighted by Crippen LogP contribution is -2.16. The Labute approximate surface area is 201 Å². The summed E-state index contributed by atoms with van der Waals surface area (Å²) in [5, 5.41) is 13.3. The van der Waals surface area contributed by atoms with Crippen molar-refractivity contribution in [1.29, 1.82) is 0 Å². The van der Waals surface area contributed by atoms with Gasteiger partial charge in [-0.3, -0.25) is 4.79 Å². The second-order valence-electron chi connectivity index (χ2n) is 6.98. The van der Waals surface area contributed by atoms with Crippen LogP contribution in [0, 0.1) is 10.5 Å². The minimum absolute atomic E-state index is 0.224. The third kappa shape index (κ3) is 3.73. The van der Waals surface area contributed by atoms with Crippen molar-refractivity contribution in [2.24, 2.45) is 0 Å². The van der Waals surface area contributed by atoms with Gasteiger partial charge in [-0.1, -0.05) is 23.7 Å². The number of aromatic nitrogens is 6. The number of benzene rings is 2. The highest BCUT2D eigenvalue weighted by atomic mass is 127. The molecule has 0 aliphatic carbocycles. The van der Waals surface area contributed by atoms with E-state index in [9.17, 15) is 4.79 Å². The molecule has 8 nitrogen and oxygen atoms in total. The van der Waals surface area contributed by atoms with Crippen molar-refractivity contribution in [2.45, 2.75) is 6.92 Å². The van der Waals surface area contributed by atoms with E-state index in [1.807, 2.05) is 37.3 Å². The highest BCUT2D eigenvalue weighted by Crippen LogP contribution is 2.25. The number of nitrogens with one attached hydrogen (secondary N) is 1. The van der Waals surface area contributed by atoms with Crippen LogP contribution in [0.5, 0.6) is 0 Å². The average Bonchev–Trinajstić information content (AvgIpc) is 3.38. The Morgan fingerprint density at radius 3 is 2.62 bits per heavy atom. The maximum Gasteiger partial charge on any atom is 0.257 e. The van der Waals surface area contributed by atoms with Crippen molar-refractivity contribution in [2.75, 3.05) is 5.32 Å². The molecule has 10 heteroatoms. The molecule has 2 aromatic carbocycles. The first-order chi connectivity index (χ1) is 15.5. The van der Waals surface area contributed by atoms with Crippen LogP contribution in [0.4, 0.5) is 5.82 Å². The van der Waals surface area contributed by atoms with Gasteiger partial charge in [-0.15, -0.1) is 0 Å². The highest BCUT2D eigenvalue weighted by molar-refractivity contribution is 14.1. The molecule has 3 aromatic heterocycles. The first-order valence-corrected chi connectivity index (χ1v) is 11.0. The molecule has 0 saturated carbocycles. The SMILES string of the molecule is Cc1cc(NC(=O)c2ccccc2I)n(-c2ncnc3c2cnn3-c2ccc(Cl)cc2)n1. The van der Waals surface area contributed by atoms with Crippen LogP contribution in [0.2, 0.25) is 5.02 Å². The number of hydrogen-bond acceptors (Lipinski definition) is 5. The van der Waals surface area contributed by atoms with Gasteiger partial charge in [-0.25, -0.2) is 14.6 Å². The first kappa shape index (κ1) is 20.6. The van der Waals surface area contributed by atoms with Crippen LogP contribution in [0.1, 0.15) is 16.1 Å². The standard InChI is InChI=1S/C22H15ClIN7O/c1-13-10-19(28-22(32)16-4-2-3-5-18(16)24)31(29-13)21-17-11-27-30(20(17)25-12-26-21)15-8-6-14(23)7-9-15/h2-12H,1H3,(H,28,32). The second kappa shape index (κ2) is 8.32. The lowest BCUT2D eigenvalue weighted by atomic mass is 10.2. The van der Waals surface area contributed by atoms with Crippen LogP contribution in [-0.4, -0.2) is 35.4 Å². The molecule has 32 heavy (non-hydrogen) atoms. The van der Waals surface area contributed by atoms with E-state index < -0.39 is 0 Å². The topological polar surface area (TPSA) is 90.5 Å². The van der Waals surface area contributed by atoms with Gasteiger partial charge in [0.15, 0.2) is 11.5 Å². The number of amides is 1. The van der Waals surface area contributed by atoms with Crippen LogP contribution in [0.25, 0.3) is 22.5 Å². The molecule has 0 spiro atoms. The lowest BCUT2D eigenvalue weighted by molar-refractivity contribution is 0.102. The third-order valence-corrected chi connectivity index (χ3v) is 6.00. The summed E-state index contributed by atoms with van der Waals surface area (Å²) in [6, 6.07) is 16.5. The summed E-state index contributed by atoms with van der Waals surface area (Å²) < 4.78 is 4.16. The fourth-order valence-corrected chi connectivity index (χ4v) is 4.11.